The van der Waals surface area contributed by atoms with Crippen LogP contribution in [0.3, 0.4) is 0 Å². The van der Waals surface area contributed by atoms with E-state index in [9.17, 15) is 14.7 Å². The van der Waals surface area contributed by atoms with Gasteiger partial charge in [-0.3, -0.25) is 4.79 Å². The monoisotopic (exact) mass is 604 g/mol. The van der Waals surface area contributed by atoms with Crippen molar-refractivity contribution >= 4 is 11.9 Å². The van der Waals surface area contributed by atoms with Crippen LogP contribution in [0.2, 0.25) is 0 Å². The van der Waals surface area contributed by atoms with Crippen LogP contribution in [0.4, 0.5) is 0 Å². The van der Waals surface area contributed by atoms with E-state index in [1.165, 1.54) is 5.56 Å². The second-order valence-corrected chi connectivity index (χ2v) is 15.5. The molecular weight excluding hydrogens is 552 g/mol. The Morgan fingerprint density at radius 1 is 1.07 bits per heavy atom. The molecule has 2 aromatic carbocycles. The van der Waals surface area contributed by atoms with Crippen molar-refractivity contribution in [1.82, 2.24) is 10.2 Å². The van der Waals surface area contributed by atoms with Crippen LogP contribution in [0.1, 0.15) is 109 Å². The molecule has 0 unspecified atom stereocenters. The van der Waals surface area contributed by atoms with E-state index in [0.29, 0.717) is 13.0 Å². The molecule has 3 heterocycles. The number of likely N-dealkylation sites (tertiary alicyclic amines) is 1. The summed E-state index contributed by atoms with van der Waals surface area (Å²) >= 11 is 0. The van der Waals surface area contributed by atoms with Gasteiger partial charge < -0.3 is 24.8 Å². The zero-order valence-electron chi connectivity index (χ0n) is 28.0. The fourth-order valence-electron chi connectivity index (χ4n) is 8.06. The molecule has 1 amide bonds. The van der Waals surface area contributed by atoms with Gasteiger partial charge in [0, 0.05) is 24.1 Å². The predicted octanol–water partition coefficient (Wildman–Crippen LogP) is 6.84. The number of aliphatic carboxylic acids is 1. The number of benzene rings is 2. The molecule has 5 rings (SSSR count). The fourth-order valence-corrected chi connectivity index (χ4v) is 8.06. The molecule has 240 valence electrons. The van der Waals surface area contributed by atoms with Crippen molar-refractivity contribution in [3.63, 3.8) is 0 Å². The molecule has 0 radical (unpaired) electrons. The molecule has 44 heavy (non-hydrogen) atoms. The molecule has 2 N–H and O–H groups in total. The number of nitrogens with one attached hydrogen (secondary N) is 1. The number of hydrogen-bond donors (Lipinski definition) is 2. The van der Waals surface area contributed by atoms with E-state index in [0.717, 1.165) is 35.3 Å². The summed E-state index contributed by atoms with van der Waals surface area (Å²) in [5.74, 6) is -0.713. The van der Waals surface area contributed by atoms with E-state index in [2.05, 4.69) is 85.0 Å². The fraction of sp³-hybridized carbons (Fsp3) is 0.622. The normalized spacial score (nSPS) is 28.6. The molecule has 7 nitrogen and oxygen atoms in total. The summed E-state index contributed by atoms with van der Waals surface area (Å²) in [7, 11) is 1.68. The van der Waals surface area contributed by atoms with Gasteiger partial charge in [0.05, 0.1) is 31.3 Å². The summed E-state index contributed by atoms with van der Waals surface area (Å²) in [6.45, 7) is 17.7. The Bertz CT molecular complexity index is 1370. The zero-order chi connectivity index (χ0) is 32.1. The molecule has 3 fully saturated rings. The second-order valence-electron chi connectivity index (χ2n) is 15.5. The maximum Gasteiger partial charge on any atom is 0.326 e. The number of rotatable bonds is 8. The van der Waals surface area contributed by atoms with Gasteiger partial charge in [0.25, 0.3) is 0 Å². The van der Waals surface area contributed by atoms with Crippen molar-refractivity contribution in [3.05, 3.63) is 64.7 Å². The summed E-state index contributed by atoms with van der Waals surface area (Å²) < 4.78 is 11.9. The van der Waals surface area contributed by atoms with Gasteiger partial charge in [0.1, 0.15) is 11.8 Å². The van der Waals surface area contributed by atoms with Crippen molar-refractivity contribution in [2.75, 3.05) is 7.11 Å². The number of carbonyl (C=O) groups is 2. The van der Waals surface area contributed by atoms with Crippen molar-refractivity contribution in [2.45, 2.75) is 123 Å². The van der Waals surface area contributed by atoms with Crippen LogP contribution in [0.15, 0.2) is 42.5 Å². The number of carboxylic acids is 1. The number of carboxylic acid groups (broad SMARTS) is 1. The number of amides is 1. The van der Waals surface area contributed by atoms with Crippen LogP contribution in [-0.4, -0.2) is 53.3 Å². The lowest BCUT2D eigenvalue weighted by molar-refractivity contribution is -0.154. The van der Waals surface area contributed by atoms with Crippen LogP contribution in [0, 0.1) is 17.3 Å². The number of hydrogen-bond acceptors (Lipinski definition) is 5. The van der Waals surface area contributed by atoms with Gasteiger partial charge in [-0.05, 0) is 58.8 Å². The molecule has 0 aliphatic carbocycles. The van der Waals surface area contributed by atoms with Gasteiger partial charge >= 0.3 is 5.97 Å². The Kier molecular flexibility index (Phi) is 8.96. The summed E-state index contributed by atoms with van der Waals surface area (Å²) in [4.78, 5) is 29.8. The van der Waals surface area contributed by atoms with Crippen LogP contribution in [0.5, 0.6) is 5.75 Å². The Balaban J connectivity index is 1.65. The summed E-state index contributed by atoms with van der Waals surface area (Å²) in [5, 5.41) is 14.8. The van der Waals surface area contributed by atoms with Gasteiger partial charge in [-0.2, -0.15) is 0 Å². The van der Waals surface area contributed by atoms with Crippen molar-refractivity contribution in [1.29, 1.82) is 0 Å². The van der Waals surface area contributed by atoms with E-state index >= 15 is 0 Å². The third kappa shape index (κ3) is 6.02. The van der Waals surface area contributed by atoms with E-state index < -0.39 is 23.5 Å². The number of nitrogens with zero attached hydrogens (tertiary/aromatic N) is 1. The zero-order valence-corrected chi connectivity index (χ0v) is 28.0. The van der Waals surface area contributed by atoms with Crippen molar-refractivity contribution in [3.8, 4) is 5.75 Å². The maximum atomic E-state index is 14.7. The second kappa shape index (κ2) is 12.1. The summed E-state index contributed by atoms with van der Waals surface area (Å²) in [6.07, 6.45) is 2.46. The third-order valence-corrected chi connectivity index (χ3v) is 10.2. The van der Waals surface area contributed by atoms with E-state index in [-0.39, 0.29) is 47.3 Å². The first-order valence-electron chi connectivity index (χ1n) is 16.3. The Morgan fingerprint density at radius 3 is 2.32 bits per heavy atom. The number of carbonyl (C=O) groups excluding carboxylic acids is 1. The first-order valence-corrected chi connectivity index (χ1v) is 16.3. The van der Waals surface area contributed by atoms with Crippen molar-refractivity contribution in [2.24, 2.45) is 17.3 Å². The lowest BCUT2D eigenvalue weighted by atomic mass is 9.72. The first kappa shape index (κ1) is 32.5. The lowest BCUT2D eigenvalue weighted by Gasteiger charge is -2.36. The van der Waals surface area contributed by atoms with E-state index in [4.69, 9.17) is 9.47 Å². The lowest BCUT2D eigenvalue weighted by Crippen LogP contribution is -2.50. The highest BCUT2D eigenvalue weighted by atomic mass is 16.5. The molecule has 2 bridgehead atoms. The number of ether oxygens (including phenoxy) is 2. The van der Waals surface area contributed by atoms with Gasteiger partial charge in [-0.25, -0.2) is 4.79 Å². The van der Waals surface area contributed by atoms with E-state index in [1.807, 2.05) is 18.2 Å². The summed E-state index contributed by atoms with van der Waals surface area (Å²) in [6, 6.07) is 12.8. The molecule has 0 spiro atoms. The van der Waals surface area contributed by atoms with Gasteiger partial charge in [0.2, 0.25) is 5.91 Å². The van der Waals surface area contributed by atoms with E-state index in [1.54, 1.807) is 12.0 Å². The highest BCUT2D eigenvalue weighted by molar-refractivity contribution is 5.88. The standard InChI is InChI=1S/C37H52N2O5/c1-21(2)25-12-10-11-13-26(25)32-31(38-20-22-18-23(36(3,4)5)14-16-28(22)43-9)30(37(6,7)8)33(35(41)42)39(32)34(40)27-19-24-15-17-29(27)44-24/h10-14,16,18,21,24,27,29-33,38H,15,17,19-20H2,1-9H3,(H,41,42)/t24-,27-,29+,30-,31-,32-,33-/m0/s1. The van der Waals surface area contributed by atoms with Gasteiger partial charge in [-0.1, -0.05) is 91.8 Å². The third-order valence-electron chi connectivity index (χ3n) is 10.2. The molecule has 3 saturated heterocycles. The first-order chi connectivity index (χ1) is 20.6. The average molecular weight is 605 g/mol. The quantitative estimate of drug-likeness (QED) is 0.343. The minimum atomic E-state index is -0.979. The highest BCUT2D eigenvalue weighted by Gasteiger charge is 2.60. The number of methoxy groups -OCH3 is 1. The molecule has 7 atom stereocenters. The van der Waals surface area contributed by atoms with Crippen LogP contribution in [-0.2, 0) is 26.3 Å². The Labute approximate surface area is 263 Å². The topological polar surface area (TPSA) is 88.1 Å². The molecule has 3 aliphatic heterocycles. The molecule has 0 saturated carbocycles. The number of fused-ring (bicyclic) bond motifs is 2. The van der Waals surface area contributed by atoms with Gasteiger partial charge in [0.15, 0.2) is 0 Å². The largest absolute Gasteiger partial charge is 0.496 e. The maximum absolute atomic E-state index is 14.7. The average Bonchev–Trinajstić information content (AvgIpc) is 3.68. The van der Waals surface area contributed by atoms with Gasteiger partial charge in [-0.15, -0.1) is 0 Å². The van der Waals surface area contributed by atoms with Crippen LogP contribution >= 0.6 is 0 Å². The van der Waals surface area contributed by atoms with Crippen LogP contribution in [0.25, 0.3) is 0 Å². The Morgan fingerprint density at radius 2 is 1.77 bits per heavy atom. The minimum Gasteiger partial charge on any atom is -0.496 e. The SMILES string of the molecule is COc1ccc(C(C)(C)C)cc1CN[C@H]1[C@H](C(C)(C)C)[C@@H](C(=O)O)N(C(=O)[C@H]2C[C@@H]3CC[C@H]2O3)[C@H]1c1ccccc1C(C)C. The smallest absolute Gasteiger partial charge is 0.326 e. The van der Waals surface area contributed by atoms with Crippen molar-refractivity contribution < 1.29 is 24.2 Å². The predicted molar refractivity (Wildman–Crippen MR) is 173 cm³/mol. The molecular formula is C37H52N2O5. The molecule has 0 aromatic heterocycles. The molecule has 2 aromatic rings. The minimum absolute atomic E-state index is 0.0403. The summed E-state index contributed by atoms with van der Waals surface area (Å²) in [5.41, 5.74) is 3.92. The molecule has 3 aliphatic rings. The van der Waals surface area contributed by atoms with Crippen LogP contribution < -0.4 is 10.1 Å². The Hall–Kier alpha value is -2.90. The highest BCUT2D eigenvalue weighted by Crippen LogP contribution is 2.51. The molecule has 7 heteroatoms.